The zero-order valence-electron chi connectivity index (χ0n) is 19.8. The van der Waals surface area contributed by atoms with Gasteiger partial charge >= 0.3 is 0 Å². The minimum Gasteiger partial charge on any atom is -0.383 e. The smallest absolute Gasteiger partial charge is 0.242 e. The molecule has 0 saturated carbocycles. The Bertz CT molecular complexity index is 1100. The molecule has 1 aromatic carbocycles. The molecule has 9 nitrogen and oxygen atoms in total. The number of piperazine rings is 1. The van der Waals surface area contributed by atoms with Crippen LogP contribution in [0.2, 0.25) is 0 Å². The summed E-state index contributed by atoms with van der Waals surface area (Å²) in [4.78, 5) is 28.7. The van der Waals surface area contributed by atoms with Gasteiger partial charge in [0.2, 0.25) is 5.91 Å². The number of methoxy groups -OCH3 is 1. The number of nitrogens with zero attached hydrogens (tertiary/aromatic N) is 6. The molecule has 3 aromatic rings. The van der Waals surface area contributed by atoms with E-state index in [9.17, 15) is 4.79 Å². The number of benzene rings is 1. The molecule has 2 aromatic heterocycles. The summed E-state index contributed by atoms with van der Waals surface area (Å²) in [7, 11) is 1.72. The van der Waals surface area contributed by atoms with Crippen LogP contribution in [0.25, 0.3) is 16.9 Å². The van der Waals surface area contributed by atoms with E-state index in [2.05, 4.69) is 44.4 Å². The summed E-state index contributed by atoms with van der Waals surface area (Å²) in [6, 6.07) is 8.58. The van der Waals surface area contributed by atoms with Gasteiger partial charge in [0.05, 0.1) is 19.3 Å². The summed E-state index contributed by atoms with van der Waals surface area (Å²) in [5, 5.41) is 3.38. The molecule has 4 heterocycles. The lowest BCUT2D eigenvalue weighted by Crippen LogP contribution is -2.50. The second-order valence-electron chi connectivity index (χ2n) is 8.92. The molecule has 0 bridgehead atoms. The molecule has 2 aliphatic heterocycles. The molecule has 0 aliphatic carbocycles. The maximum atomic E-state index is 13.0. The van der Waals surface area contributed by atoms with E-state index in [1.807, 2.05) is 15.5 Å². The van der Waals surface area contributed by atoms with Gasteiger partial charge in [0.25, 0.3) is 0 Å². The molecule has 180 valence electrons. The quantitative estimate of drug-likeness (QED) is 0.549. The molecule has 2 saturated heterocycles. The second kappa shape index (κ2) is 10.4. The Morgan fingerprint density at radius 1 is 1.06 bits per heavy atom. The first kappa shape index (κ1) is 22.6. The van der Waals surface area contributed by atoms with Crippen LogP contribution in [0, 0.1) is 0 Å². The van der Waals surface area contributed by atoms with E-state index < -0.39 is 0 Å². The zero-order valence-corrected chi connectivity index (χ0v) is 19.8. The third-order valence-corrected chi connectivity index (χ3v) is 6.79. The van der Waals surface area contributed by atoms with Crippen LogP contribution in [-0.2, 0) is 9.53 Å². The van der Waals surface area contributed by atoms with Gasteiger partial charge in [-0.15, -0.1) is 0 Å². The molecule has 2 aliphatic rings. The topological polar surface area (TPSA) is 78.2 Å². The molecule has 9 heteroatoms. The van der Waals surface area contributed by atoms with Crippen LogP contribution in [0.5, 0.6) is 0 Å². The van der Waals surface area contributed by atoms with Gasteiger partial charge in [-0.2, -0.15) is 0 Å². The van der Waals surface area contributed by atoms with Crippen molar-refractivity contribution in [3.8, 4) is 11.3 Å². The number of aromatic nitrogens is 3. The standard InChI is InChI=1S/C25H33N7O2/c1-34-17-16-29-12-14-31(15-13-29)23(33)19-27-25-24(28-22-18-26-8-11-32(22)25)20-4-6-21(7-5-20)30-9-2-3-10-30/h4-8,11,18,27H,2-3,9-10,12-17,19H2,1H3. The van der Waals surface area contributed by atoms with Gasteiger partial charge in [-0.3, -0.25) is 19.1 Å². The van der Waals surface area contributed by atoms with Crippen LogP contribution in [0.4, 0.5) is 11.5 Å². The fraction of sp³-hybridized carbons (Fsp3) is 0.480. The highest BCUT2D eigenvalue weighted by molar-refractivity contribution is 5.84. The monoisotopic (exact) mass is 463 g/mol. The average molecular weight is 464 g/mol. The fourth-order valence-corrected chi connectivity index (χ4v) is 4.79. The van der Waals surface area contributed by atoms with Crippen LogP contribution in [0.15, 0.2) is 42.9 Å². The first-order valence-corrected chi connectivity index (χ1v) is 12.1. The van der Waals surface area contributed by atoms with Crippen LogP contribution in [0.1, 0.15) is 12.8 Å². The number of nitrogens with one attached hydrogen (secondary N) is 1. The highest BCUT2D eigenvalue weighted by atomic mass is 16.5. The number of hydrogen-bond donors (Lipinski definition) is 1. The first-order valence-electron chi connectivity index (χ1n) is 12.1. The number of hydrogen-bond acceptors (Lipinski definition) is 7. The Hall–Kier alpha value is -3.17. The normalized spacial score (nSPS) is 17.0. The second-order valence-corrected chi connectivity index (χ2v) is 8.92. The van der Waals surface area contributed by atoms with Gasteiger partial charge in [0.15, 0.2) is 5.65 Å². The van der Waals surface area contributed by atoms with Crippen molar-refractivity contribution in [2.75, 3.05) is 76.3 Å². The van der Waals surface area contributed by atoms with E-state index >= 15 is 0 Å². The Morgan fingerprint density at radius 2 is 1.82 bits per heavy atom. The summed E-state index contributed by atoms with van der Waals surface area (Å²) < 4.78 is 7.13. The van der Waals surface area contributed by atoms with Gasteiger partial charge in [-0.25, -0.2) is 4.98 Å². The van der Waals surface area contributed by atoms with E-state index in [0.717, 1.165) is 75.1 Å². The molecule has 0 atom stereocenters. The van der Waals surface area contributed by atoms with Gasteiger partial charge in [-0.1, -0.05) is 12.1 Å². The molecule has 1 N–H and O–H groups in total. The molecular formula is C25H33N7O2. The summed E-state index contributed by atoms with van der Waals surface area (Å²) in [6.45, 7) is 7.35. The molecule has 0 radical (unpaired) electrons. The molecule has 0 spiro atoms. The van der Waals surface area contributed by atoms with Crippen LogP contribution >= 0.6 is 0 Å². The molecule has 34 heavy (non-hydrogen) atoms. The van der Waals surface area contributed by atoms with Gasteiger partial charge in [-0.05, 0) is 25.0 Å². The summed E-state index contributed by atoms with van der Waals surface area (Å²) in [5.74, 6) is 0.920. The minimum absolute atomic E-state index is 0.103. The number of rotatable bonds is 8. The van der Waals surface area contributed by atoms with Crippen molar-refractivity contribution in [3.63, 3.8) is 0 Å². The zero-order chi connectivity index (χ0) is 23.3. The number of anilines is 2. The minimum atomic E-state index is 0.103. The molecule has 5 rings (SSSR count). The lowest BCUT2D eigenvalue weighted by molar-refractivity contribution is -0.131. The Kier molecular flexibility index (Phi) is 6.92. The predicted molar refractivity (Wildman–Crippen MR) is 133 cm³/mol. The summed E-state index contributed by atoms with van der Waals surface area (Å²) >= 11 is 0. The van der Waals surface area contributed by atoms with Crippen molar-refractivity contribution in [2.24, 2.45) is 0 Å². The van der Waals surface area contributed by atoms with E-state index in [1.165, 1.54) is 18.5 Å². The van der Waals surface area contributed by atoms with E-state index in [4.69, 9.17) is 9.72 Å². The number of ether oxygens (including phenoxy) is 1. The average Bonchev–Trinajstić information content (AvgIpc) is 3.55. The summed E-state index contributed by atoms with van der Waals surface area (Å²) in [5.41, 5.74) is 3.86. The Labute approximate surface area is 200 Å². The van der Waals surface area contributed by atoms with E-state index in [-0.39, 0.29) is 12.5 Å². The maximum absolute atomic E-state index is 13.0. The largest absolute Gasteiger partial charge is 0.383 e. The number of carbonyl (C=O) groups is 1. The highest BCUT2D eigenvalue weighted by Gasteiger charge is 2.22. The molecule has 0 unspecified atom stereocenters. The van der Waals surface area contributed by atoms with E-state index in [0.29, 0.717) is 0 Å². The van der Waals surface area contributed by atoms with Crippen LogP contribution in [-0.4, -0.2) is 96.2 Å². The Balaban J connectivity index is 1.29. The number of amides is 1. The van der Waals surface area contributed by atoms with Crippen molar-refractivity contribution in [1.82, 2.24) is 24.2 Å². The number of imidazole rings is 1. The lowest BCUT2D eigenvalue weighted by atomic mass is 10.1. The summed E-state index contributed by atoms with van der Waals surface area (Å²) in [6.07, 6.45) is 7.87. The van der Waals surface area contributed by atoms with Gasteiger partial charge in [0.1, 0.15) is 11.5 Å². The van der Waals surface area contributed by atoms with Crippen molar-refractivity contribution in [3.05, 3.63) is 42.9 Å². The number of fused-ring (bicyclic) bond motifs is 1. The lowest BCUT2D eigenvalue weighted by Gasteiger charge is -2.34. The first-order chi connectivity index (χ1) is 16.7. The highest BCUT2D eigenvalue weighted by Crippen LogP contribution is 2.30. The molecule has 2 fully saturated rings. The fourth-order valence-electron chi connectivity index (χ4n) is 4.79. The van der Waals surface area contributed by atoms with Crippen molar-refractivity contribution in [2.45, 2.75) is 12.8 Å². The van der Waals surface area contributed by atoms with Crippen molar-refractivity contribution in [1.29, 1.82) is 0 Å². The predicted octanol–water partition coefficient (Wildman–Crippen LogP) is 2.20. The molecule has 1 amide bonds. The van der Waals surface area contributed by atoms with Crippen molar-refractivity contribution < 1.29 is 9.53 Å². The Morgan fingerprint density at radius 3 is 2.56 bits per heavy atom. The third-order valence-electron chi connectivity index (χ3n) is 6.79. The SMILES string of the molecule is COCCN1CCN(C(=O)CNc2c(-c3ccc(N4CCCC4)cc3)nc3cnccn23)CC1. The third kappa shape index (κ3) is 4.85. The van der Waals surface area contributed by atoms with Gasteiger partial charge < -0.3 is 19.9 Å². The van der Waals surface area contributed by atoms with Gasteiger partial charge in [0, 0.05) is 76.6 Å². The van der Waals surface area contributed by atoms with Crippen LogP contribution < -0.4 is 10.2 Å². The number of carbonyl (C=O) groups excluding carboxylic acids is 1. The van der Waals surface area contributed by atoms with E-state index in [1.54, 1.807) is 19.5 Å². The van der Waals surface area contributed by atoms with Crippen LogP contribution in [0.3, 0.4) is 0 Å². The van der Waals surface area contributed by atoms with Crippen molar-refractivity contribution >= 4 is 23.1 Å². The maximum Gasteiger partial charge on any atom is 0.242 e. The molecular weight excluding hydrogens is 430 g/mol.